The van der Waals surface area contributed by atoms with Gasteiger partial charge in [0.25, 0.3) is 0 Å². The molecule has 0 spiro atoms. The SMILES string of the molecule is CN(C)C(C)(C)C(Cc1c(F)cccc1Cl)NN. The van der Waals surface area contributed by atoms with Gasteiger partial charge in [0, 0.05) is 22.2 Å². The molecule has 3 nitrogen and oxygen atoms in total. The topological polar surface area (TPSA) is 41.3 Å². The van der Waals surface area contributed by atoms with Gasteiger partial charge >= 0.3 is 0 Å². The Labute approximate surface area is 113 Å². The number of hydrogen-bond donors (Lipinski definition) is 2. The summed E-state index contributed by atoms with van der Waals surface area (Å²) in [6.07, 6.45) is 0.438. The zero-order valence-electron chi connectivity index (χ0n) is 11.3. The average molecular weight is 274 g/mol. The number of hydrogen-bond acceptors (Lipinski definition) is 3. The zero-order valence-corrected chi connectivity index (χ0v) is 12.1. The average Bonchev–Trinajstić information content (AvgIpc) is 2.28. The van der Waals surface area contributed by atoms with E-state index in [2.05, 4.69) is 5.43 Å². The van der Waals surface area contributed by atoms with Crippen LogP contribution in [0.2, 0.25) is 5.02 Å². The first-order valence-corrected chi connectivity index (χ1v) is 6.25. The molecule has 5 heteroatoms. The second-order valence-corrected chi connectivity index (χ2v) is 5.58. The Balaban J connectivity index is 3.00. The fourth-order valence-corrected chi connectivity index (χ4v) is 2.00. The lowest BCUT2D eigenvalue weighted by Gasteiger charge is -2.40. The Hall–Kier alpha value is -0.680. The molecule has 1 unspecified atom stereocenters. The van der Waals surface area contributed by atoms with Gasteiger partial charge in [0.05, 0.1) is 0 Å². The molecule has 102 valence electrons. The van der Waals surface area contributed by atoms with Crippen molar-refractivity contribution in [3.63, 3.8) is 0 Å². The largest absolute Gasteiger partial charge is 0.303 e. The lowest BCUT2D eigenvalue weighted by atomic mass is 9.88. The van der Waals surface area contributed by atoms with Crippen LogP contribution in [0.25, 0.3) is 0 Å². The number of nitrogens with two attached hydrogens (primary N) is 1. The summed E-state index contributed by atoms with van der Waals surface area (Å²) in [5, 5.41) is 0.435. The highest BCUT2D eigenvalue weighted by Gasteiger charge is 2.32. The van der Waals surface area contributed by atoms with Crippen molar-refractivity contribution in [1.82, 2.24) is 10.3 Å². The molecule has 0 saturated carbocycles. The molecule has 0 saturated heterocycles. The number of likely N-dealkylation sites (N-methyl/N-ethyl adjacent to an activating group) is 1. The highest BCUT2D eigenvalue weighted by atomic mass is 35.5. The van der Waals surface area contributed by atoms with Crippen molar-refractivity contribution in [3.8, 4) is 0 Å². The minimum atomic E-state index is -0.294. The van der Waals surface area contributed by atoms with Crippen molar-refractivity contribution in [2.45, 2.75) is 31.8 Å². The summed E-state index contributed by atoms with van der Waals surface area (Å²) in [5.74, 6) is 5.31. The molecule has 0 aliphatic heterocycles. The maximum atomic E-state index is 13.8. The van der Waals surface area contributed by atoms with Crippen LogP contribution >= 0.6 is 11.6 Å². The van der Waals surface area contributed by atoms with Crippen molar-refractivity contribution in [1.29, 1.82) is 0 Å². The van der Waals surface area contributed by atoms with E-state index in [9.17, 15) is 4.39 Å². The predicted octanol–water partition coefficient (Wildman–Crippen LogP) is 2.19. The summed E-state index contributed by atoms with van der Waals surface area (Å²) in [6, 6.07) is 4.60. The molecule has 0 aromatic heterocycles. The van der Waals surface area contributed by atoms with E-state index in [1.807, 2.05) is 32.8 Å². The van der Waals surface area contributed by atoms with Crippen LogP contribution in [0.5, 0.6) is 0 Å². The van der Waals surface area contributed by atoms with Gasteiger partial charge in [-0.3, -0.25) is 11.3 Å². The van der Waals surface area contributed by atoms with Gasteiger partial charge in [-0.2, -0.15) is 0 Å². The van der Waals surface area contributed by atoms with Gasteiger partial charge in [-0.05, 0) is 46.5 Å². The van der Waals surface area contributed by atoms with E-state index in [4.69, 9.17) is 17.4 Å². The molecule has 0 bridgehead atoms. The maximum Gasteiger partial charge on any atom is 0.127 e. The summed E-state index contributed by atoms with van der Waals surface area (Å²) < 4.78 is 13.8. The Morgan fingerprint density at radius 3 is 2.50 bits per heavy atom. The molecule has 0 amide bonds. The highest BCUT2D eigenvalue weighted by molar-refractivity contribution is 6.31. The molecule has 1 aromatic rings. The first-order chi connectivity index (χ1) is 8.30. The van der Waals surface area contributed by atoms with Crippen LogP contribution in [0.3, 0.4) is 0 Å². The smallest absolute Gasteiger partial charge is 0.127 e. The van der Waals surface area contributed by atoms with E-state index >= 15 is 0 Å². The van der Waals surface area contributed by atoms with Gasteiger partial charge in [0.1, 0.15) is 5.82 Å². The number of nitrogens with one attached hydrogen (secondary N) is 1. The molecule has 1 aromatic carbocycles. The van der Waals surface area contributed by atoms with Crippen molar-refractivity contribution in [2.75, 3.05) is 14.1 Å². The summed E-state index contributed by atoms with van der Waals surface area (Å²) >= 11 is 6.04. The lowest BCUT2D eigenvalue weighted by Crippen LogP contribution is -2.58. The summed E-state index contributed by atoms with van der Waals surface area (Å²) in [4.78, 5) is 2.05. The summed E-state index contributed by atoms with van der Waals surface area (Å²) in [6.45, 7) is 4.10. The second-order valence-electron chi connectivity index (χ2n) is 5.17. The van der Waals surface area contributed by atoms with Gasteiger partial charge in [0.15, 0.2) is 0 Å². The molecule has 3 N–H and O–H groups in total. The zero-order chi connectivity index (χ0) is 13.9. The van der Waals surface area contributed by atoms with Crippen LogP contribution in [-0.2, 0) is 6.42 Å². The minimum Gasteiger partial charge on any atom is -0.303 e. The van der Waals surface area contributed by atoms with Crippen molar-refractivity contribution >= 4 is 11.6 Å². The standard InChI is InChI=1S/C13H21ClFN3/c1-13(2,18(3)4)12(17-16)8-9-10(14)6-5-7-11(9)15/h5-7,12,17H,8,16H2,1-4H3. The van der Waals surface area contributed by atoms with E-state index in [0.29, 0.717) is 17.0 Å². The van der Waals surface area contributed by atoms with Crippen LogP contribution in [0.4, 0.5) is 4.39 Å². The molecule has 0 heterocycles. The van der Waals surface area contributed by atoms with Crippen LogP contribution < -0.4 is 11.3 Å². The number of rotatable bonds is 5. The molecule has 0 radical (unpaired) electrons. The van der Waals surface area contributed by atoms with Gasteiger partial charge in [-0.15, -0.1) is 0 Å². The third-order valence-electron chi connectivity index (χ3n) is 3.68. The fourth-order valence-electron chi connectivity index (χ4n) is 1.76. The molecular formula is C13H21ClFN3. The normalized spacial score (nSPS) is 14.0. The number of hydrazine groups is 1. The summed E-state index contributed by atoms with van der Waals surface area (Å²) in [5.41, 5.74) is 3.04. The lowest BCUT2D eigenvalue weighted by molar-refractivity contribution is 0.137. The Morgan fingerprint density at radius 1 is 1.44 bits per heavy atom. The van der Waals surface area contributed by atoms with Gasteiger partial charge in [0.2, 0.25) is 0 Å². The molecule has 0 aliphatic carbocycles. The van der Waals surface area contributed by atoms with Crippen LogP contribution in [0, 0.1) is 5.82 Å². The molecule has 0 aliphatic rings. The first kappa shape index (κ1) is 15.4. The van der Waals surface area contributed by atoms with E-state index in [0.717, 1.165) is 0 Å². The van der Waals surface area contributed by atoms with Gasteiger partial charge in [-0.1, -0.05) is 17.7 Å². The molecule has 18 heavy (non-hydrogen) atoms. The number of nitrogens with zero attached hydrogens (tertiary/aromatic N) is 1. The minimum absolute atomic E-state index is 0.109. The molecule has 1 rings (SSSR count). The third kappa shape index (κ3) is 3.20. The fraction of sp³-hybridized carbons (Fsp3) is 0.538. The van der Waals surface area contributed by atoms with E-state index in [1.54, 1.807) is 12.1 Å². The number of halogens is 2. The highest BCUT2D eigenvalue weighted by Crippen LogP contribution is 2.25. The number of benzene rings is 1. The van der Waals surface area contributed by atoms with Crippen molar-refractivity contribution in [2.24, 2.45) is 5.84 Å². The van der Waals surface area contributed by atoms with Crippen LogP contribution in [0.1, 0.15) is 19.4 Å². The Kier molecular flexibility index (Phi) is 5.10. The maximum absolute atomic E-state index is 13.8. The van der Waals surface area contributed by atoms with E-state index in [-0.39, 0.29) is 17.4 Å². The van der Waals surface area contributed by atoms with E-state index < -0.39 is 0 Å². The second kappa shape index (κ2) is 5.97. The van der Waals surface area contributed by atoms with Gasteiger partial charge < -0.3 is 4.90 Å². The van der Waals surface area contributed by atoms with Crippen molar-refractivity contribution < 1.29 is 4.39 Å². The summed E-state index contributed by atoms with van der Waals surface area (Å²) in [7, 11) is 3.93. The molecule has 0 fully saturated rings. The monoisotopic (exact) mass is 273 g/mol. The van der Waals surface area contributed by atoms with Gasteiger partial charge in [-0.25, -0.2) is 4.39 Å². The van der Waals surface area contributed by atoms with Crippen molar-refractivity contribution in [3.05, 3.63) is 34.6 Å². The Morgan fingerprint density at radius 2 is 2.06 bits per heavy atom. The third-order valence-corrected chi connectivity index (χ3v) is 4.03. The van der Waals surface area contributed by atoms with E-state index in [1.165, 1.54) is 6.07 Å². The van der Waals surface area contributed by atoms with Crippen LogP contribution in [0.15, 0.2) is 18.2 Å². The molecule has 1 atom stereocenters. The quantitative estimate of drug-likeness (QED) is 0.638. The molecular weight excluding hydrogens is 253 g/mol. The van der Waals surface area contributed by atoms with Crippen LogP contribution in [-0.4, -0.2) is 30.6 Å². The first-order valence-electron chi connectivity index (χ1n) is 5.87. The Bertz CT molecular complexity index is 387. The predicted molar refractivity (Wildman–Crippen MR) is 74.0 cm³/mol.